The molecular formula is C12H12ClN3O4. The Labute approximate surface area is 119 Å². The molecule has 1 aliphatic heterocycles. The van der Waals surface area contributed by atoms with Crippen molar-refractivity contribution in [3.63, 3.8) is 0 Å². The van der Waals surface area contributed by atoms with Crippen molar-refractivity contribution in [2.24, 2.45) is 0 Å². The minimum atomic E-state index is -0.705. The Morgan fingerprint density at radius 3 is 2.80 bits per heavy atom. The molecule has 3 rings (SSSR count). The zero-order valence-corrected chi connectivity index (χ0v) is 11.2. The Balaban J connectivity index is 1.88. The third-order valence-corrected chi connectivity index (χ3v) is 3.64. The average molecular weight is 298 g/mol. The summed E-state index contributed by atoms with van der Waals surface area (Å²) in [6, 6.07) is 1.51. The molecule has 1 aliphatic rings. The molecule has 3 heterocycles. The van der Waals surface area contributed by atoms with Crippen LogP contribution in [0.1, 0.15) is 29.0 Å². The number of furan rings is 1. The number of carbonyl (C=O) groups excluding carboxylic acids is 1. The summed E-state index contributed by atoms with van der Waals surface area (Å²) in [6.45, 7) is 1.02. The summed E-state index contributed by atoms with van der Waals surface area (Å²) in [4.78, 5) is 16.4. The molecule has 106 valence electrons. The smallest absolute Gasteiger partial charge is 0.256 e. The van der Waals surface area contributed by atoms with Crippen molar-refractivity contribution >= 4 is 17.5 Å². The van der Waals surface area contributed by atoms with Gasteiger partial charge in [-0.15, -0.1) is 0 Å². The second kappa shape index (κ2) is 5.26. The lowest BCUT2D eigenvalue weighted by molar-refractivity contribution is 0.0306. The van der Waals surface area contributed by atoms with Crippen molar-refractivity contribution in [2.75, 3.05) is 13.2 Å². The number of nitrogens with zero attached hydrogens (tertiary/aromatic N) is 2. The first-order valence-electron chi connectivity index (χ1n) is 6.11. The van der Waals surface area contributed by atoms with E-state index in [0.29, 0.717) is 31.9 Å². The van der Waals surface area contributed by atoms with E-state index in [1.165, 1.54) is 18.7 Å². The molecule has 1 N–H and O–H groups in total. The third-order valence-electron chi connectivity index (χ3n) is 3.35. The molecule has 1 amide bonds. The highest BCUT2D eigenvalue weighted by Gasteiger charge is 2.40. The third kappa shape index (κ3) is 2.30. The van der Waals surface area contributed by atoms with Crippen LogP contribution in [0.2, 0.25) is 5.22 Å². The minimum absolute atomic E-state index is 0.0535. The maximum atomic E-state index is 12.3. The molecule has 0 bridgehead atoms. The zero-order chi connectivity index (χ0) is 14.0. The number of hydrogen-bond acceptors (Lipinski definition) is 6. The minimum Gasteiger partial charge on any atom is -0.452 e. The number of amides is 1. The van der Waals surface area contributed by atoms with Gasteiger partial charge >= 0.3 is 0 Å². The normalized spacial score (nSPS) is 17.9. The van der Waals surface area contributed by atoms with Crippen molar-refractivity contribution in [2.45, 2.75) is 18.4 Å². The number of aromatic nitrogens is 2. The number of halogens is 1. The van der Waals surface area contributed by atoms with Crippen LogP contribution in [-0.2, 0) is 10.3 Å². The fourth-order valence-electron chi connectivity index (χ4n) is 2.25. The molecule has 0 atom stereocenters. The lowest BCUT2D eigenvalue weighted by Gasteiger charge is -2.35. The van der Waals surface area contributed by atoms with E-state index in [1.54, 1.807) is 0 Å². The lowest BCUT2D eigenvalue weighted by Crippen LogP contribution is -2.50. The van der Waals surface area contributed by atoms with E-state index in [-0.39, 0.29) is 16.7 Å². The molecule has 0 saturated carbocycles. The maximum Gasteiger partial charge on any atom is 0.256 e. The molecular weight excluding hydrogens is 286 g/mol. The van der Waals surface area contributed by atoms with Crippen LogP contribution in [0.25, 0.3) is 0 Å². The van der Waals surface area contributed by atoms with E-state index in [1.807, 2.05) is 0 Å². The molecule has 8 heteroatoms. The SMILES string of the molecule is O=C(NC1(c2ncon2)CCOCC1)c1ccoc1Cl. The Hall–Kier alpha value is -1.86. The predicted octanol–water partition coefficient (Wildman–Crippen LogP) is 1.75. The molecule has 2 aromatic rings. The summed E-state index contributed by atoms with van der Waals surface area (Å²) in [6.07, 6.45) is 3.73. The van der Waals surface area contributed by atoms with E-state index in [9.17, 15) is 4.79 Å². The van der Waals surface area contributed by atoms with Crippen molar-refractivity contribution < 1.29 is 18.5 Å². The molecule has 0 aromatic carbocycles. The van der Waals surface area contributed by atoms with Gasteiger partial charge in [0.15, 0.2) is 5.82 Å². The highest BCUT2D eigenvalue weighted by atomic mass is 35.5. The van der Waals surface area contributed by atoms with Crippen LogP contribution in [-0.4, -0.2) is 29.3 Å². The van der Waals surface area contributed by atoms with Crippen molar-refractivity contribution in [1.82, 2.24) is 15.5 Å². The van der Waals surface area contributed by atoms with Gasteiger partial charge in [0.2, 0.25) is 11.6 Å². The summed E-state index contributed by atoms with van der Waals surface area (Å²) in [7, 11) is 0. The molecule has 0 radical (unpaired) electrons. The van der Waals surface area contributed by atoms with Crippen LogP contribution < -0.4 is 5.32 Å². The van der Waals surface area contributed by atoms with E-state index in [4.69, 9.17) is 25.3 Å². The van der Waals surface area contributed by atoms with Crippen molar-refractivity contribution in [3.8, 4) is 0 Å². The topological polar surface area (TPSA) is 90.4 Å². The van der Waals surface area contributed by atoms with E-state index in [2.05, 4.69) is 15.5 Å². The Bertz CT molecular complexity index is 590. The summed E-state index contributed by atoms with van der Waals surface area (Å²) < 4.78 is 15.1. The second-order valence-electron chi connectivity index (χ2n) is 4.51. The number of ether oxygens (including phenoxy) is 1. The first-order valence-corrected chi connectivity index (χ1v) is 6.49. The van der Waals surface area contributed by atoms with Gasteiger partial charge in [-0.25, -0.2) is 0 Å². The fourth-order valence-corrected chi connectivity index (χ4v) is 2.45. The van der Waals surface area contributed by atoms with Gasteiger partial charge in [0.05, 0.1) is 11.8 Å². The molecule has 2 aromatic heterocycles. The number of rotatable bonds is 3. The van der Waals surface area contributed by atoms with Crippen LogP contribution in [0.5, 0.6) is 0 Å². The highest BCUT2D eigenvalue weighted by molar-refractivity contribution is 6.32. The Morgan fingerprint density at radius 1 is 1.40 bits per heavy atom. The quantitative estimate of drug-likeness (QED) is 0.928. The summed E-state index contributed by atoms with van der Waals surface area (Å²) in [5, 5.41) is 6.84. The summed E-state index contributed by atoms with van der Waals surface area (Å²) in [5.41, 5.74) is -0.427. The van der Waals surface area contributed by atoms with Crippen LogP contribution >= 0.6 is 11.6 Å². The monoisotopic (exact) mass is 297 g/mol. The molecule has 7 nitrogen and oxygen atoms in total. The Morgan fingerprint density at radius 2 is 2.20 bits per heavy atom. The van der Waals surface area contributed by atoms with E-state index < -0.39 is 5.54 Å². The van der Waals surface area contributed by atoms with Crippen LogP contribution in [0, 0.1) is 0 Å². The predicted molar refractivity (Wildman–Crippen MR) is 67.2 cm³/mol. The molecule has 0 unspecified atom stereocenters. The molecule has 20 heavy (non-hydrogen) atoms. The number of nitrogens with one attached hydrogen (secondary N) is 1. The molecule has 1 saturated heterocycles. The van der Waals surface area contributed by atoms with Gasteiger partial charge in [0, 0.05) is 26.1 Å². The zero-order valence-electron chi connectivity index (χ0n) is 10.5. The molecule has 1 fully saturated rings. The standard InChI is InChI=1S/C12H12ClN3O4/c13-9-8(1-4-19-9)10(17)15-12(2-5-18-6-3-12)11-14-7-20-16-11/h1,4,7H,2-3,5-6H2,(H,15,17). The van der Waals surface area contributed by atoms with Gasteiger partial charge in [-0.1, -0.05) is 5.16 Å². The van der Waals surface area contributed by atoms with E-state index in [0.717, 1.165) is 0 Å². The first kappa shape index (κ1) is 13.1. The van der Waals surface area contributed by atoms with Gasteiger partial charge in [-0.05, 0) is 17.7 Å². The highest BCUT2D eigenvalue weighted by Crippen LogP contribution is 2.30. The molecule has 0 aliphatic carbocycles. The first-order chi connectivity index (χ1) is 9.71. The maximum absolute atomic E-state index is 12.3. The summed E-state index contributed by atoms with van der Waals surface area (Å²) in [5.74, 6) is 0.101. The average Bonchev–Trinajstić information content (AvgIpc) is 3.10. The largest absolute Gasteiger partial charge is 0.452 e. The lowest BCUT2D eigenvalue weighted by atomic mass is 9.89. The van der Waals surface area contributed by atoms with Crippen LogP contribution in [0.4, 0.5) is 0 Å². The molecule has 0 spiro atoms. The summed E-state index contributed by atoms with van der Waals surface area (Å²) >= 11 is 5.82. The van der Waals surface area contributed by atoms with Gasteiger partial charge < -0.3 is 19.0 Å². The van der Waals surface area contributed by atoms with Crippen LogP contribution in [0.15, 0.2) is 27.7 Å². The van der Waals surface area contributed by atoms with Crippen molar-refractivity contribution in [1.29, 1.82) is 0 Å². The van der Waals surface area contributed by atoms with E-state index >= 15 is 0 Å². The Kier molecular flexibility index (Phi) is 3.45. The van der Waals surface area contributed by atoms with Gasteiger partial charge in [-0.2, -0.15) is 4.98 Å². The number of hydrogen-bond donors (Lipinski definition) is 1. The van der Waals surface area contributed by atoms with Gasteiger partial charge in [0.25, 0.3) is 5.91 Å². The van der Waals surface area contributed by atoms with Crippen molar-refractivity contribution in [3.05, 3.63) is 35.3 Å². The fraction of sp³-hybridized carbons (Fsp3) is 0.417. The van der Waals surface area contributed by atoms with Crippen LogP contribution in [0.3, 0.4) is 0 Å². The van der Waals surface area contributed by atoms with Gasteiger partial charge in [0.1, 0.15) is 5.54 Å². The number of carbonyl (C=O) groups is 1. The van der Waals surface area contributed by atoms with Gasteiger partial charge in [-0.3, -0.25) is 4.79 Å². The second-order valence-corrected chi connectivity index (χ2v) is 4.85.